The number of carbonyl (C=O) groups is 3. The van der Waals surface area contributed by atoms with E-state index < -0.39 is 35.6 Å². The van der Waals surface area contributed by atoms with Crippen LogP contribution in [0, 0.1) is 17.8 Å². The van der Waals surface area contributed by atoms with E-state index in [2.05, 4.69) is 13.2 Å². The Hall–Kier alpha value is -2.68. The van der Waals surface area contributed by atoms with Crippen LogP contribution in [0.2, 0.25) is 5.02 Å². The predicted octanol–water partition coefficient (Wildman–Crippen LogP) is 3.29. The molecule has 9 heteroatoms. The maximum atomic E-state index is 14.5. The molecule has 0 aliphatic carbocycles. The highest BCUT2D eigenvalue weighted by Crippen LogP contribution is 2.59. The summed E-state index contributed by atoms with van der Waals surface area (Å²) in [6.07, 6.45) is 4.40. The number of hydrogen-bond donors (Lipinski definition) is 1. The third kappa shape index (κ3) is 4.67. The van der Waals surface area contributed by atoms with Gasteiger partial charge in [0.05, 0.1) is 30.6 Å². The summed E-state index contributed by atoms with van der Waals surface area (Å²) < 4.78 is 6.55. The SMILES string of the molecule is C=CCN(C)C(=O)[C@@H]1[C@H]2C(=O)N([C@@H](CO)CC(C)C)C(C(=O)N(CC=C)c3ccc(Cl)cc3)C23CC[C@H]1O3. The number of rotatable bonds is 11. The van der Waals surface area contributed by atoms with E-state index in [1.54, 1.807) is 53.3 Å². The molecule has 3 heterocycles. The highest BCUT2D eigenvalue weighted by atomic mass is 35.5. The number of benzene rings is 1. The first-order valence-corrected chi connectivity index (χ1v) is 13.6. The van der Waals surface area contributed by atoms with Crippen molar-refractivity contribution in [3.63, 3.8) is 0 Å². The Labute approximate surface area is 229 Å². The van der Waals surface area contributed by atoms with Crippen molar-refractivity contribution in [2.45, 2.75) is 56.9 Å². The average Bonchev–Trinajstić information content (AvgIpc) is 3.53. The van der Waals surface area contributed by atoms with E-state index in [1.165, 1.54) is 4.90 Å². The lowest BCUT2D eigenvalue weighted by molar-refractivity contribution is -0.147. The number of nitrogens with zero attached hydrogens (tertiary/aromatic N) is 3. The molecule has 1 aromatic carbocycles. The predicted molar refractivity (Wildman–Crippen MR) is 147 cm³/mol. The van der Waals surface area contributed by atoms with Crippen molar-refractivity contribution < 1.29 is 24.2 Å². The first-order valence-electron chi connectivity index (χ1n) is 13.3. The summed E-state index contributed by atoms with van der Waals surface area (Å²) >= 11 is 6.10. The average molecular weight is 544 g/mol. The molecule has 0 radical (unpaired) electrons. The molecule has 3 amide bonds. The smallest absolute Gasteiger partial charge is 0.253 e. The molecule has 6 atom stereocenters. The van der Waals surface area contributed by atoms with Gasteiger partial charge in [0.25, 0.3) is 5.91 Å². The van der Waals surface area contributed by atoms with Crippen LogP contribution in [-0.4, -0.2) is 83.2 Å². The number of carbonyl (C=O) groups excluding carboxylic acids is 3. The van der Waals surface area contributed by atoms with Crippen molar-refractivity contribution in [3.8, 4) is 0 Å². The summed E-state index contributed by atoms with van der Waals surface area (Å²) in [5.74, 6) is -2.13. The maximum absolute atomic E-state index is 14.5. The molecule has 1 aromatic rings. The van der Waals surface area contributed by atoms with Crippen LogP contribution in [0.5, 0.6) is 0 Å². The van der Waals surface area contributed by atoms with Gasteiger partial charge in [-0.1, -0.05) is 37.6 Å². The number of hydrogen-bond acceptors (Lipinski definition) is 5. The van der Waals surface area contributed by atoms with Gasteiger partial charge < -0.3 is 24.5 Å². The van der Waals surface area contributed by atoms with Crippen LogP contribution in [0.15, 0.2) is 49.6 Å². The highest BCUT2D eigenvalue weighted by Gasteiger charge is 2.75. The lowest BCUT2D eigenvalue weighted by atomic mass is 9.70. The number of likely N-dealkylation sites (tertiary alicyclic amines) is 1. The minimum Gasteiger partial charge on any atom is -0.394 e. The normalized spacial score (nSPS) is 28.4. The first-order chi connectivity index (χ1) is 18.1. The molecule has 4 rings (SSSR count). The third-order valence-corrected chi connectivity index (χ3v) is 8.35. The van der Waals surface area contributed by atoms with E-state index in [-0.39, 0.29) is 36.8 Å². The van der Waals surface area contributed by atoms with Gasteiger partial charge in [0.15, 0.2) is 0 Å². The van der Waals surface area contributed by atoms with Gasteiger partial charge in [-0.05, 0) is 49.4 Å². The van der Waals surface area contributed by atoms with E-state index in [4.69, 9.17) is 16.3 Å². The molecule has 3 fully saturated rings. The highest BCUT2D eigenvalue weighted by molar-refractivity contribution is 6.30. The molecule has 38 heavy (non-hydrogen) atoms. The summed E-state index contributed by atoms with van der Waals surface area (Å²) in [6.45, 7) is 11.8. The van der Waals surface area contributed by atoms with Crippen molar-refractivity contribution >= 4 is 35.0 Å². The van der Waals surface area contributed by atoms with E-state index in [0.717, 1.165) is 0 Å². The molecule has 8 nitrogen and oxygen atoms in total. The van der Waals surface area contributed by atoms with Gasteiger partial charge in [-0.25, -0.2) is 0 Å². The van der Waals surface area contributed by atoms with Crippen LogP contribution < -0.4 is 4.90 Å². The lowest BCUT2D eigenvalue weighted by Gasteiger charge is -2.39. The lowest BCUT2D eigenvalue weighted by Crippen LogP contribution is -2.59. The number of halogens is 1. The van der Waals surface area contributed by atoms with Gasteiger partial charge in [0.2, 0.25) is 11.8 Å². The zero-order chi connectivity index (χ0) is 27.8. The zero-order valence-electron chi connectivity index (χ0n) is 22.4. The molecular formula is C29H38ClN3O5. The van der Waals surface area contributed by atoms with Gasteiger partial charge in [-0.2, -0.15) is 0 Å². The van der Waals surface area contributed by atoms with Crippen LogP contribution in [0.25, 0.3) is 0 Å². The monoisotopic (exact) mass is 543 g/mol. The number of likely N-dealkylation sites (N-methyl/N-ethyl adjacent to an activating group) is 1. The summed E-state index contributed by atoms with van der Waals surface area (Å²) in [5, 5.41) is 11.0. The Kier molecular flexibility index (Phi) is 8.35. The number of aliphatic hydroxyl groups is 1. The zero-order valence-corrected chi connectivity index (χ0v) is 23.1. The van der Waals surface area contributed by atoms with Crippen LogP contribution in [0.3, 0.4) is 0 Å². The minimum absolute atomic E-state index is 0.169. The van der Waals surface area contributed by atoms with Crippen LogP contribution in [0.4, 0.5) is 5.69 Å². The Balaban J connectivity index is 1.82. The number of anilines is 1. The largest absolute Gasteiger partial charge is 0.394 e. The number of fused-ring (bicyclic) bond motifs is 1. The Morgan fingerprint density at radius 1 is 1.21 bits per heavy atom. The molecule has 3 aliphatic rings. The van der Waals surface area contributed by atoms with Crippen LogP contribution >= 0.6 is 11.6 Å². The fraction of sp³-hybridized carbons (Fsp3) is 0.552. The Bertz CT molecular complexity index is 1090. The summed E-state index contributed by atoms with van der Waals surface area (Å²) in [5.41, 5.74) is -0.536. The molecule has 3 saturated heterocycles. The Morgan fingerprint density at radius 2 is 1.87 bits per heavy atom. The molecule has 2 bridgehead atoms. The van der Waals surface area contributed by atoms with E-state index in [9.17, 15) is 19.5 Å². The quantitative estimate of drug-likeness (QED) is 0.433. The van der Waals surface area contributed by atoms with Crippen molar-refractivity contribution in [2.75, 3.05) is 31.6 Å². The van der Waals surface area contributed by atoms with Gasteiger partial charge >= 0.3 is 0 Å². The molecule has 0 aromatic heterocycles. The second-order valence-electron chi connectivity index (χ2n) is 11.0. The fourth-order valence-electron chi connectivity index (χ4n) is 6.62. The maximum Gasteiger partial charge on any atom is 0.253 e. The second kappa shape index (κ2) is 11.2. The summed E-state index contributed by atoms with van der Waals surface area (Å²) in [4.78, 5) is 47.0. The molecule has 1 spiro atoms. The number of aliphatic hydroxyl groups excluding tert-OH is 1. The fourth-order valence-corrected chi connectivity index (χ4v) is 6.75. The van der Waals surface area contributed by atoms with Gasteiger partial charge in [0, 0.05) is 30.8 Å². The number of ether oxygens (including phenoxy) is 1. The number of amides is 3. The van der Waals surface area contributed by atoms with E-state index in [1.807, 2.05) is 13.8 Å². The Morgan fingerprint density at radius 3 is 2.45 bits per heavy atom. The molecule has 0 saturated carbocycles. The van der Waals surface area contributed by atoms with Crippen LogP contribution in [-0.2, 0) is 19.1 Å². The van der Waals surface area contributed by atoms with Crippen LogP contribution in [0.1, 0.15) is 33.1 Å². The summed E-state index contributed by atoms with van der Waals surface area (Å²) in [7, 11) is 1.68. The van der Waals surface area contributed by atoms with Gasteiger partial charge in [0.1, 0.15) is 11.6 Å². The van der Waals surface area contributed by atoms with Gasteiger partial charge in [-0.15, -0.1) is 13.2 Å². The van der Waals surface area contributed by atoms with E-state index in [0.29, 0.717) is 36.5 Å². The second-order valence-corrected chi connectivity index (χ2v) is 11.4. The summed E-state index contributed by atoms with van der Waals surface area (Å²) in [6, 6.07) is 5.34. The standard InChI is InChI=1S/C29H38ClN3O5/c1-6-14-31(5)26(35)23-22-12-13-29(38-22)24(23)27(36)33(21(17-34)16-18(3)4)25(29)28(37)32(15-7-2)20-10-8-19(30)9-11-20/h6-11,18,21-25,34H,1-2,12-17H2,3-5H3/t21-,22-,23+,24+,25?,29?/m1/s1. The molecule has 1 N–H and O–H groups in total. The first kappa shape index (κ1) is 28.3. The van der Waals surface area contributed by atoms with Crippen molar-refractivity contribution in [3.05, 3.63) is 54.6 Å². The minimum atomic E-state index is -1.15. The molecule has 3 aliphatic heterocycles. The topological polar surface area (TPSA) is 90.4 Å². The molecular weight excluding hydrogens is 506 g/mol. The van der Waals surface area contributed by atoms with Crippen molar-refractivity contribution in [2.24, 2.45) is 17.8 Å². The van der Waals surface area contributed by atoms with Crippen molar-refractivity contribution in [1.82, 2.24) is 9.80 Å². The third-order valence-electron chi connectivity index (χ3n) is 8.10. The van der Waals surface area contributed by atoms with E-state index >= 15 is 0 Å². The molecule has 2 unspecified atom stereocenters. The molecule has 206 valence electrons. The van der Waals surface area contributed by atoms with Crippen molar-refractivity contribution in [1.29, 1.82) is 0 Å². The van der Waals surface area contributed by atoms with Gasteiger partial charge in [-0.3, -0.25) is 14.4 Å².